The van der Waals surface area contributed by atoms with E-state index in [0.29, 0.717) is 12.8 Å². The monoisotopic (exact) mass is 370 g/mol. The van der Waals surface area contributed by atoms with Crippen molar-refractivity contribution in [2.75, 3.05) is 0 Å². The van der Waals surface area contributed by atoms with Gasteiger partial charge in [-0.1, -0.05) is 117 Å². The van der Waals surface area contributed by atoms with Crippen LogP contribution in [0.25, 0.3) is 0 Å². The first-order chi connectivity index (χ1) is 12.4. The third-order valence-corrected chi connectivity index (χ3v) is 6.19. The van der Waals surface area contributed by atoms with Gasteiger partial charge in [0.2, 0.25) is 0 Å². The number of hydrogen-bond acceptors (Lipinski definition) is 2. The predicted octanol–water partition coefficient (Wildman–Crippen LogP) is 7.55. The molecule has 0 bridgehead atoms. The molecule has 2 atom stereocenters. The number of hydrogen-bond donors (Lipinski definition) is 2. The van der Waals surface area contributed by atoms with Gasteiger partial charge in [-0.2, -0.15) is 0 Å². The van der Waals surface area contributed by atoms with E-state index in [1.807, 2.05) is 13.8 Å². The van der Waals surface area contributed by atoms with Crippen LogP contribution in [0.2, 0.25) is 0 Å². The van der Waals surface area contributed by atoms with Gasteiger partial charge in [-0.05, 0) is 26.7 Å². The Hall–Kier alpha value is -0.0800. The second-order valence-electron chi connectivity index (χ2n) is 9.00. The van der Waals surface area contributed by atoms with Crippen molar-refractivity contribution in [1.29, 1.82) is 0 Å². The number of aliphatic hydroxyl groups is 2. The summed E-state index contributed by atoms with van der Waals surface area (Å²) >= 11 is 0. The van der Waals surface area contributed by atoms with E-state index in [0.717, 1.165) is 12.8 Å². The molecule has 0 aromatic carbocycles. The molecule has 0 aliphatic rings. The summed E-state index contributed by atoms with van der Waals surface area (Å²) < 4.78 is 0. The minimum Gasteiger partial charge on any atom is -0.387 e. The number of rotatable bonds is 19. The van der Waals surface area contributed by atoms with Crippen molar-refractivity contribution in [3.05, 3.63) is 0 Å². The van der Waals surface area contributed by atoms with E-state index >= 15 is 0 Å². The molecule has 0 amide bonds. The van der Waals surface area contributed by atoms with Gasteiger partial charge in [0, 0.05) is 0 Å². The lowest BCUT2D eigenvalue weighted by Gasteiger charge is -2.39. The number of unbranched alkanes of at least 4 members (excludes halogenated alkanes) is 14. The zero-order valence-electron chi connectivity index (χ0n) is 18.6. The highest BCUT2D eigenvalue weighted by molar-refractivity contribution is 4.93. The largest absolute Gasteiger partial charge is 0.387 e. The summed E-state index contributed by atoms with van der Waals surface area (Å²) in [5.74, 6) is 0. The lowest BCUT2D eigenvalue weighted by molar-refractivity contribution is -0.140. The van der Waals surface area contributed by atoms with Gasteiger partial charge in [-0.3, -0.25) is 0 Å². The van der Waals surface area contributed by atoms with Crippen LogP contribution >= 0.6 is 0 Å². The Morgan fingerprint density at radius 3 is 0.923 bits per heavy atom. The molecule has 158 valence electrons. The van der Waals surface area contributed by atoms with Gasteiger partial charge in [0.25, 0.3) is 0 Å². The molecular weight excluding hydrogens is 320 g/mol. The van der Waals surface area contributed by atoms with Gasteiger partial charge in [-0.15, -0.1) is 0 Å². The molecule has 2 N–H and O–H groups in total. The maximum atomic E-state index is 10.8. The van der Waals surface area contributed by atoms with Crippen LogP contribution in [-0.4, -0.2) is 21.4 Å². The fraction of sp³-hybridized carbons (Fsp3) is 1.00. The van der Waals surface area contributed by atoms with Crippen LogP contribution in [0.1, 0.15) is 143 Å². The van der Waals surface area contributed by atoms with Gasteiger partial charge in [0.05, 0.1) is 11.2 Å². The highest BCUT2D eigenvalue weighted by Gasteiger charge is 2.40. The molecule has 0 fully saturated rings. The van der Waals surface area contributed by atoms with E-state index in [4.69, 9.17) is 0 Å². The summed E-state index contributed by atoms with van der Waals surface area (Å²) in [4.78, 5) is 0. The topological polar surface area (TPSA) is 40.5 Å². The first-order valence-corrected chi connectivity index (χ1v) is 11.8. The van der Waals surface area contributed by atoms with Crippen LogP contribution < -0.4 is 0 Å². The molecule has 0 aliphatic heterocycles. The normalized spacial score (nSPS) is 16.4. The van der Waals surface area contributed by atoms with Crippen LogP contribution in [0.4, 0.5) is 0 Å². The zero-order chi connectivity index (χ0) is 19.7. The van der Waals surface area contributed by atoms with E-state index in [9.17, 15) is 10.2 Å². The van der Waals surface area contributed by atoms with Crippen molar-refractivity contribution >= 4 is 0 Å². The molecule has 0 saturated carbocycles. The maximum absolute atomic E-state index is 10.8. The molecule has 0 aromatic heterocycles. The van der Waals surface area contributed by atoms with Gasteiger partial charge in [0.15, 0.2) is 0 Å². The molecule has 0 spiro atoms. The van der Waals surface area contributed by atoms with Crippen molar-refractivity contribution < 1.29 is 10.2 Å². The Bertz CT molecular complexity index is 267. The zero-order valence-corrected chi connectivity index (χ0v) is 18.6. The molecule has 2 heteroatoms. The third-order valence-electron chi connectivity index (χ3n) is 6.19. The minimum absolute atomic E-state index is 0.714. The molecule has 26 heavy (non-hydrogen) atoms. The summed E-state index contributed by atoms with van der Waals surface area (Å²) in [6.07, 6.45) is 21.7. The second-order valence-corrected chi connectivity index (χ2v) is 9.00. The van der Waals surface area contributed by atoms with Crippen LogP contribution in [0.3, 0.4) is 0 Å². The van der Waals surface area contributed by atoms with E-state index in [1.54, 1.807) is 0 Å². The van der Waals surface area contributed by atoms with Crippen LogP contribution in [0.5, 0.6) is 0 Å². The SMILES string of the molecule is CCCCCCCCCCC(C)(O)C(C)(O)CCCCCCCCCC. The predicted molar refractivity (Wildman–Crippen MR) is 116 cm³/mol. The Labute approximate surface area is 165 Å². The highest BCUT2D eigenvalue weighted by atomic mass is 16.4. The summed E-state index contributed by atoms with van der Waals surface area (Å²) in [6, 6.07) is 0. The summed E-state index contributed by atoms with van der Waals surface area (Å²) in [5.41, 5.74) is -1.92. The Balaban J connectivity index is 3.77. The van der Waals surface area contributed by atoms with E-state index < -0.39 is 11.2 Å². The summed E-state index contributed by atoms with van der Waals surface area (Å²) in [6.45, 7) is 8.17. The van der Waals surface area contributed by atoms with Crippen molar-refractivity contribution in [3.63, 3.8) is 0 Å². The lowest BCUT2D eigenvalue weighted by Crippen LogP contribution is -2.49. The molecule has 0 aliphatic carbocycles. The molecule has 2 nitrogen and oxygen atoms in total. The summed E-state index contributed by atoms with van der Waals surface area (Å²) in [5, 5.41) is 21.5. The average molecular weight is 371 g/mol. The van der Waals surface area contributed by atoms with Crippen molar-refractivity contribution in [2.45, 2.75) is 154 Å². The second kappa shape index (κ2) is 15.9. The summed E-state index contributed by atoms with van der Waals surface area (Å²) in [7, 11) is 0. The minimum atomic E-state index is -0.962. The van der Waals surface area contributed by atoms with Gasteiger partial charge in [-0.25, -0.2) is 0 Å². The van der Waals surface area contributed by atoms with Crippen LogP contribution in [-0.2, 0) is 0 Å². The fourth-order valence-corrected chi connectivity index (χ4v) is 3.74. The van der Waals surface area contributed by atoms with Crippen molar-refractivity contribution in [2.24, 2.45) is 0 Å². The maximum Gasteiger partial charge on any atom is 0.0902 e. The van der Waals surface area contributed by atoms with E-state index in [-0.39, 0.29) is 0 Å². The lowest BCUT2D eigenvalue weighted by atomic mass is 9.78. The van der Waals surface area contributed by atoms with Crippen LogP contribution in [0, 0.1) is 0 Å². The molecule has 0 aromatic rings. The van der Waals surface area contributed by atoms with Crippen LogP contribution in [0.15, 0.2) is 0 Å². The quantitative estimate of drug-likeness (QED) is 0.230. The average Bonchev–Trinajstić information content (AvgIpc) is 2.59. The Kier molecular flexibility index (Phi) is 15.9. The first-order valence-electron chi connectivity index (χ1n) is 11.8. The molecule has 0 saturated heterocycles. The standard InChI is InChI=1S/C24H50O2/c1-5-7-9-11-13-15-17-19-21-23(3,25)24(4,26)22-20-18-16-14-12-10-8-6-2/h25-26H,5-22H2,1-4H3. The van der Waals surface area contributed by atoms with Crippen molar-refractivity contribution in [1.82, 2.24) is 0 Å². The molecule has 0 rings (SSSR count). The fourth-order valence-electron chi connectivity index (χ4n) is 3.74. The third kappa shape index (κ3) is 13.1. The highest BCUT2D eigenvalue weighted by Crippen LogP contribution is 2.32. The molecular formula is C24H50O2. The van der Waals surface area contributed by atoms with Gasteiger partial charge >= 0.3 is 0 Å². The first kappa shape index (κ1) is 25.9. The molecule has 2 unspecified atom stereocenters. The molecule has 0 radical (unpaired) electrons. The van der Waals surface area contributed by atoms with Gasteiger partial charge < -0.3 is 10.2 Å². The van der Waals surface area contributed by atoms with E-state index in [1.165, 1.54) is 89.9 Å². The Morgan fingerprint density at radius 2 is 0.654 bits per heavy atom. The molecule has 0 heterocycles. The van der Waals surface area contributed by atoms with E-state index in [2.05, 4.69) is 13.8 Å². The van der Waals surface area contributed by atoms with Crippen molar-refractivity contribution in [3.8, 4) is 0 Å². The Morgan fingerprint density at radius 1 is 0.423 bits per heavy atom. The van der Waals surface area contributed by atoms with Gasteiger partial charge in [0.1, 0.15) is 0 Å². The smallest absolute Gasteiger partial charge is 0.0902 e.